The second kappa shape index (κ2) is 7.04. The number of carbonyl (C=O) groups excluding carboxylic acids is 1. The molecule has 1 heterocycles. The minimum atomic E-state index is -0.262. The lowest BCUT2D eigenvalue weighted by Gasteiger charge is -2.32. The summed E-state index contributed by atoms with van der Waals surface area (Å²) in [5.74, 6) is -0.181. The predicted octanol–water partition coefficient (Wildman–Crippen LogP) is 0.653. The molecule has 6 heteroatoms. The van der Waals surface area contributed by atoms with Crippen LogP contribution >= 0.6 is 0 Å². The van der Waals surface area contributed by atoms with Crippen LogP contribution < -0.4 is 10.9 Å². The summed E-state index contributed by atoms with van der Waals surface area (Å²) in [4.78, 5) is 17.0. The molecular formula is C12H25N3O3. The molecule has 0 bridgehead atoms. The number of ether oxygens (including phenoxy) is 1. The van der Waals surface area contributed by atoms with Gasteiger partial charge in [-0.1, -0.05) is 20.8 Å². The van der Waals surface area contributed by atoms with E-state index in [9.17, 15) is 4.79 Å². The maximum absolute atomic E-state index is 11.9. The molecule has 6 nitrogen and oxygen atoms in total. The monoisotopic (exact) mass is 259 g/mol. The second-order valence-electron chi connectivity index (χ2n) is 5.73. The van der Waals surface area contributed by atoms with E-state index in [0.29, 0.717) is 13.3 Å². The minimum Gasteiger partial charge on any atom is -0.464 e. The third kappa shape index (κ3) is 5.77. The maximum Gasteiger partial charge on any atom is 0.324 e. The smallest absolute Gasteiger partial charge is 0.324 e. The highest BCUT2D eigenvalue weighted by Gasteiger charge is 2.27. The van der Waals surface area contributed by atoms with Gasteiger partial charge in [-0.05, 0) is 18.3 Å². The number of hydroxylamine groups is 1. The summed E-state index contributed by atoms with van der Waals surface area (Å²) in [7, 11) is 1.71. The molecule has 0 aromatic heterocycles. The zero-order chi connectivity index (χ0) is 13.6. The van der Waals surface area contributed by atoms with E-state index in [1.807, 2.05) is 25.8 Å². The summed E-state index contributed by atoms with van der Waals surface area (Å²) in [6.45, 7) is 7.84. The van der Waals surface area contributed by atoms with Crippen molar-refractivity contribution in [2.24, 2.45) is 5.41 Å². The lowest BCUT2D eigenvalue weighted by atomic mass is 9.98. The summed E-state index contributed by atoms with van der Waals surface area (Å²) in [5.41, 5.74) is 5.72. The molecule has 1 rings (SSSR count). The first-order chi connectivity index (χ1) is 8.42. The van der Waals surface area contributed by atoms with Crippen LogP contribution in [0.2, 0.25) is 0 Å². The molecule has 106 valence electrons. The minimum absolute atomic E-state index is 0.000738. The normalized spacial score (nSPS) is 21.9. The standard InChI is InChI=1S/C12H25N3O3/c1-12(2,3)8-17-11(16)10-6-5-7-15(14-10)9-18-13-4/h10,13-14H,5-9H2,1-4H3/t10-/m0/s1. The van der Waals surface area contributed by atoms with Crippen molar-refractivity contribution in [1.82, 2.24) is 15.9 Å². The topological polar surface area (TPSA) is 62.8 Å². The van der Waals surface area contributed by atoms with Crippen LogP contribution in [0.3, 0.4) is 0 Å². The number of carbonyl (C=O) groups is 1. The van der Waals surface area contributed by atoms with Gasteiger partial charge in [-0.2, -0.15) is 0 Å². The summed E-state index contributed by atoms with van der Waals surface area (Å²) in [6, 6.07) is -0.262. The van der Waals surface area contributed by atoms with E-state index < -0.39 is 0 Å². The highest BCUT2D eigenvalue weighted by Crippen LogP contribution is 2.15. The second-order valence-corrected chi connectivity index (χ2v) is 5.73. The van der Waals surface area contributed by atoms with E-state index in [-0.39, 0.29) is 17.4 Å². The lowest BCUT2D eigenvalue weighted by molar-refractivity contribution is -0.154. The van der Waals surface area contributed by atoms with E-state index in [4.69, 9.17) is 9.57 Å². The molecule has 18 heavy (non-hydrogen) atoms. The zero-order valence-electron chi connectivity index (χ0n) is 11.8. The van der Waals surface area contributed by atoms with E-state index in [1.54, 1.807) is 7.05 Å². The molecule has 0 unspecified atom stereocenters. The van der Waals surface area contributed by atoms with Gasteiger partial charge in [-0.3, -0.25) is 9.63 Å². The van der Waals surface area contributed by atoms with Crippen molar-refractivity contribution in [1.29, 1.82) is 0 Å². The number of esters is 1. The van der Waals surface area contributed by atoms with Gasteiger partial charge < -0.3 is 4.74 Å². The van der Waals surface area contributed by atoms with Crippen LogP contribution in [0.5, 0.6) is 0 Å². The molecule has 0 aliphatic carbocycles. The SMILES string of the molecule is CNOCN1CCC[C@@H](C(=O)OCC(C)(C)C)N1. The van der Waals surface area contributed by atoms with Gasteiger partial charge in [0.2, 0.25) is 0 Å². The Morgan fingerprint density at radius 2 is 2.22 bits per heavy atom. The van der Waals surface area contributed by atoms with Crippen molar-refractivity contribution < 1.29 is 14.4 Å². The van der Waals surface area contributed by atoms with Crippen molar-refractivity contribution in [3.8, 4) is 0 Å². The Kier molecular flexibility index (Phi) is 6.01. The zero-order valence-corrected chi connectivity index (χ0v) is 11.8. The number of hydrazine groups is 1. The van der Waals surface area contributed by atoms with Crippen LogP contribution in [-0.4, -0.2) is 44.0 Å². The highest BCUT2D eigenvalue weighted by atomic mass is 16.7. The number of nitrogens with one attached hydrogen (secondary N) is 2. The van der Waals surface area contributed by atoms with E-state index in [0.717, 1.165) is 19.4 Å². The average molecular weight is 259 g/mol. The molecule has 1 fully saturated rings. The summed E-state index contributed by atoms with van der Waals surface area (Å²) in [6.07, 6.45) is 1.76. The third-order valence-corrected chi connectivity index (χ3v) is 2.56. The van der Waals surface area contributed by atoms with Gasteiger partial charge >= 0.3 is 5.97 Å². The van der Waals surface area contributed by atoms with Crippen LogP contribution in [0.4, 0.5) is 0 Å². The molecule has 1 atom stereocenters. The highest BCUT2D eigenvalue weighted by molar-refractivity contribution is 5.75. The van der Waals surface area contributed by atoms with Gasteiger partial charge in [-0.25, -0.2) is 15.9 Å². The van der Waals surface area contributed by atoms with Crippen LogP contribution in [0.1, 0.15) is 33.6 Å². The molecule has 1 aliphatic rings. The molecule has 0 saturated carbocycles. The molecule has 0 amide bonds. The fourth-order valence-corrected chi connectivity index (χ4v) is 1.64. The Bertz CT molecular complexity index is 266. The Labute approximate surface area is 109 Å². The summed E-state index contributed by atoms with van der Waals surface area (Å²) >= 11 is 0. The molecule has 0 aromatic carbocycles. The van der Waals surface area contributed by atoms with Crippen LogP contribution in [0.15, 0.2) is 0 Å². The fourth-order valence-electron chi connectivity index (χ4n) is 1.64. The van der Waals surface area contributed by atoms with E-state index >= 15 is 0 Å². The predicted molar refractivity (Wildman–Crippen MR) is 68.3 cm³/mol. The van der Waals surface area contributed by atoms with Gasteiger partial charge in [-0.15, -0.1) is 0 Å². The van der Waals surface area contributed by atoms with Crippen molar-refractivity contribution in [2.75, 3.05) is 26.9 Å². The first-order valence-electron chi connectivity index (χ1n) is 6.38. The summed E-state index contributed by atoms with van der Waals surface area (Å²) in [5, 5.41) is 1.88. The van der Waals surface area contributed by atoms with Crippen molar-refractivity contribution in [2.45, 2.75) is 39.7 Å². The van der Waals surface area contributed by atoms with Crippen molar-refractivity contribution in [3.63, 3.8) is 0 Å². The Hall–Kier alpha value is -0.690. The number of nitrogens with zero attached hydrogens (tertiary/aromatic N) is 1. The number of hydrogen-bond acceptors (Lipinski definition) is 6. The third-order valence-electron chi connectivity index (χ3n) is 2.56. The molecule has 0 radical (unpaired) electrons. The Morgan fingerprint density at radius 3 is 2.83 bits per heavy atom. The van der Waals surface area contributed by atoms with E-state index in [1.165, 1.54) is 0 Å². The number of rotatable bonds is 5. The van der Waals surface area contributed by atoms with Gasteiger partial charge in [0.25, 0.3) is 0 Å². The van der Waals surface area contributed by atoms with Crippen molar-refractivity contribution >= 4 is 5.97 Å². The van der Waals surface area contributed by atoms with E-state index in [2.05, 4.69) is 10.9 Å². The molecule has 0 spiro atoms. The first-order valence-corrected chi connectivity index (χ1v) is 6.38. The first kappa shape index (κ1) is 15.4. The summed E-state index contributed by atoms with van der Waals surface area (Å²) < 4.78 is 5.31. The lowest BCUT2D eigenvalue weighted by Crippen LogP contribution is -2.54. The maximum atomic E-state index is 11.9. The average Bonchev–Trinajstić information content (AvgIpc) is 2.33. The Balaban J connectivity index is 2.34. The van der Waals surface area contributed by atoms with Crippen molar-refractivity contribution in [3.05, 3.63) is 0 Å². The molecule has 1 aliphatic heterocycles. The molecule has 1 saturated heterocycles. The Morgan fingerprint density at radius 1 is 1.50 bits per heavy atom. The largest absolute Gasteiger partial charge is 0.464 e. The molecule has 0 aromatic rings. The fraction of sp³-hybridized carbons (Fsp3) is 0.917. The number of hydrogen-bond donors (Lipinski definition) is 2. The van der Waals surface area contributed by atoms with Crippen LogP contribution in [-0.2, 0) is 14.4 Å². The van der Waals surface area contributed by atoms with Crippen LogP contribution in [0.25, 0.3) is 0 Å². The van der Waals surface area contributed by atoms with Crippen LogP contribution in [0, 0.1) is 5.41 Å². The molecule has 2 N–H and O–H groups in total. The van der Waals surface area contributed by atoms with Gasteiger partial charge in [0.1, 0.15) is 12.8 Å². The molecular weight excluding hydrogens is 234 g/mol. The van der Waals surface area contributed by atoms with Gasteiger partial charge in [0.15, 0.2) is 0 Å². The van der Waals surface area contributed by atoms with Gasteiger partial charge in [0, 0.05) is 13.6 Å². The quantitative estimate of drug-likeness (QED) is 0.558. The van der Waals surface area contributed by atoms with Gasteiger partial charge in [0.05, 0.1) is 6.61 Å².